The molecule has 0 radical (unpaired) electrons. The van der Waals surface area contributed by atoms with Crippen LogP contribution in [0.25, 0.3) is 0 Å². The summed E-state index contributed by atoms with van der Waals surface area (Å²) in [5.41, 5.74) is 11.7. The van der Waals surface area contributed by atoms with Gasteiger partial charge in [-0.3, -0.25) is 14.4 Å². The number of carbonyl (C=O) groups excluding carboxylic acids is 3. The number of aromatic hydroxyl groups is 1. The maximum atomic E-state index is 13.9. The molecule has 3 amide bonds. The fraction of sp³-hybridized carbons (Fsp3) is 0.500. The van der Waals surface area contributed by atoms with Gasteiger partial charge < -0.3 is 31.5 Å². The van der Waals surface area contributed by atoms with Crippen LogP contribution in [0.15, 0.2) is 18.2 Å². The number of hydrogen-bond donors (Lipinski definition) is 4. The first kappa shape index (κ1) is 26.3. The van der Waals surface area contributed by atoms with E-state index in [1.807, 2.05) is 0 Å². The SMILES string of the molecule is COc1cc(C(C(=O)NCCC(C)C)N(C(=O)c2snc(C(N)=O)c2N)C2CCCC2)ccc1O. The van der Waals surface area contributed by atoms with Gasteiger partial charge in [0, 0.05) is 12.6 Å². The second-order valence-electron chi connectivity index (χ2n) is 9.10. The summed E-state index contributed by atoms with van der Waals surface area (Å²) in [4.78, 5) is 40.8. The molecule has 1 aromatic carbocycles. The fourth-order valence-corrected chi connectivity index (χ4v) is 5.06. The number of nitrogens with zero attached hydrogens (tertiary/aromatic N) is 2. The molecule has 10 nitrogen and oxygen atoms in total. The largest absolute Gasteiger partial charge is 0.504 e. The average Bonchev–Trinajstić information content (AvgIpc) is 3.47. The number of anilines is 1. The number of amides is 3. The molecule has 0 saturated heterocycles. The number of methoxy groups -OCH3 is 1. The molecular formula is C24H33N5O5S. The maximum absolute atomic E-state index is 13.9. The van der Waals surface area contributed by atoms with E-state index in [0.29, 0.717) is 18.0 Å². The van der Waals surface area contributed by atoms with Crippen LogP contribution >= 0.6 is 11.5 Å². The summed E-state index contributed by atoms with van der Waals surface area (Å²) in [7, 11) is 1.42. The van der Waals surface area contributed by atoms with Crippen molar-refractivity contribution >= 4 is 34.9 Å². The zero-order valence-corrected chi connectivity index (χ0v) is 21.1. The summed E-state index contributed by atoms with van der Waals surface area (Å²) in [5.74, 6) is -1.16. The molecule has 190 valence electrons. The molecule has 0 aliphatic heterocycles. The van der Waals surface area contributed by atoms with Crippen molar-refractivity contribution in [2.45, 2.75) is 58.0 Å². The smallest absolute Gasteiger partial charge is 0.270 e. The molecule has 0 bridgehead atoms. The Morgan fingerprint density at radius 1 is 1.29 bits per heavy atom. The first-order valence-electron chi connectivity index (χ1n) is 11.7. The van der Waals surface area contributed by atoms with Crippen LogP contribution in [0.1, 0.15) is 77.7 Å². The molecular weight excluding hydrogens is 470 g/mol. The lowest BCUT2D eigenvalue weighted by atomic mass is 9.99. The van der Waals surface area contributed by atoms with Gasteiger partial charge in [-0.05, 0) is 54.4 Å². The molecule has 1 saturated carbocycles. The van der Waals surface area contributed by atoms with Gasteiger partial charge in [0.25, 0.3) is 11.8 Å². The van der Waals surface area contributed by atoms with Gasteiger partial charge in [0.15, 0.2) is 17.2 Å². The maximum Gasteiger partial charge on any atom is 0.270 e. The number of rotatable bonds is 10. The van der Waals surface area contributed by atoms with Crippen molar-refractivity contribution in [1.29, 1.82) is 0 Å². The Kier molecular flexibility index (Phi) is 8.55. The number of hydrogen-bond acceptors (Lipinski definition) is 8. The van der Waals surface area contributed by atoms with Crippen molar-refractivity contribution in [3.05, 3.63) is 34.3 Å². The van der Waals surface area contributed by atoms with Crippen molar-refractivity contribution in [2.75, 3.05) is 19.4 Å². The van der Waals surface area contributed by atoms with Crippen LogP contribution in [-0.4, -0.2) is 51.8 Å². The minimum Gasteiger partial charge on any atom is -0.504 e. The molecule has 1 aromatic heterocycles. The van der Waals surface area contributed by atoms with Crippen molar-refractivity contribution in [3.63, 3.8) is 0 Å². The predicted molar refractivity (Wildman–Crippen MR) is 133 cm³/mol. The number of primary amides is 1. The molecule has 1 aliphatic carbocycles. The summed E-state index contributed by atoms with van der Waals surface area (Å²) >= 11 is 0.792. The Balaban J connectivity index is 2.09. The topological polar surface area (TPSA) is 161 Å². The minimum atomic E-state index is -1.01. The quantitative estimate of drug-likeness (QED) is 0.387. The molecule has 1 heterocycles. The van der Waals surface area contributed by atoms with E-state index in [2.05, 4.69) is 23.5 Å². The van der Waals surface area contributed by atoms with Gasteiger partial charge in [0.05, 0.1) is 12.8 Å². The molecule has 1 atom stereocenters. The van der Waals surface area contributed by atoms with E-state index >= 15 is 0 Å². The summed E-state index contributed by atoms with van der Waals surface area (Å²) in [6.07, 6.45) is 4.05. The summed E-state index contributed by atoms with van der Waals surface area (Å²) in [5, 5.41) is 13.1. The summed E-state index contributed by atoms with van der Waals surface area (Å²) in [6.45, 7) is 4.57. The van der Waals surface area contributed by atoms with Gasteiger partial charge in [-0.2, -0.15) is 4.37 Å². The van der Waals surface area contributed by atoms with Crippen molar-refractivity contribution < 1.29 is 24.2 Å². The van der Waals surface area contributed by atoms with E-state index in [4.69, 9.17) is 16.2 Å². The summed E-state index contributed by atoms with van der Waals surface area (Å²) < 4.78 is 9.23. The number of aromatic nitrogens is 1. The molecule has 6 N–H and O–H groups in total. The average molecular weight is 504 g/mol. The third-order valence-electron chi connectivity index (χ3n) is 6.18. The zero-order chi connectivity index (χ0) is 25.7. The molecule has 3 rings (SSSR count). The Morgan fingerprint density at radius 2 is 1.97 bits per heavy atom. The van der Waals surface area contributed by atoms with E-state index in [1.165, 1.54) is 18.1 Å². The van der Waals surface area contributed by atoms with Gasteiger partial charge in [-0.25, -0.2) is 0 Å². The number of phenols is 1. The molecule has 35 heavy (non-hydrogen) atoms. The second kappa shape index (κ2) is 11.4. The molecule has 1 fully saturated rings. The van der Waals surface area contributed by atoms with Gasteiger partial charge in [0.2, 0.25) is 5.91 Å². The highest BCUT2D eigenvalue weighted by molar-refractivity contribution is 7.09. The fourth-order valence-electron chi connectivity index (χ4n) is 4.31. The molecule has 11 heteroatoms. The van der Waals surface area contributed by atoms with Gasteiger partial charge in [0.1, 0.15) is 10.9 Å². The lowest BCUT2D eigenvalue weighted by molar-refractivity contribution is -0.126. The second-order valence-corrected chi connectivity index (χ2v) is 9.87. The normalized spacial score (nSPS) is 14.6. The number of ether oxygens (including phenoxy) is 1. The van der Waals surface area contributed by atoms with Crippen molar-refractivity contribution in [3.8, 4) is 11.5 Å². The third kappa shape index (κ3) is 5.84. The highest BCUT2D eigenvalue weighted by Crippen LogP contribution is 2.37. The van der Waals surface area contributed by atoms with Crippen molar-refractivity contribution in [1.82, 2.24) is 14.6 Å². The van der Waals surface area contributed by atoms with Crippen LogP contribution in [0.4, 0.5) is 5.69 Å². The standard InChI is InChI=1S/C24H33N5O5S/c1-13(2)10-11-27-23(32)20(14-8-9-16(30)17(12-14)34-3)29(15-6-4-5-7-15)24(33)21-18(25)19(22(26)31)28-35-21/h8-9,12-13,15,20,30H,4-7,10-11,25H2,1-3H3,(H2,26,31)(H,27,32). The highest BCUT2D eigenvalue weighted by atomic mass is 32.1. The van der Waals surface area contributed by atoms with E-state index in [0.717, 1.165) is 43.6 Å². The number of nitrogens with one attached hydrogen (secondary N) is 1. The van der Waals surface area contributed by atoms with Crippen LogP contribution < -0.4 is 21.5 Å². The summed E-state index contributed by atoms with van der Waals surface area (Å²) in [6, 6.07) is 3.37. The van der Waals surface area contributed by atoms with E-state index in [1.54, 1.807) is 12.1 Å². The van der Waals surface area contributed by atoms with Crippen molar-refractivity contribution in [2.24, 2.45) is 11.7 Å². The predicted octanol–water partition coefficient (Wildman–Crippen LogP) is 2.83. The van der Waals surface area contributed by atoms with Gasteiger partial charge in [-0.1, -0.05) is 32.8 Å². The van der Waals surface area contributed by atoms with E-state index < -0.39 is 17.9 Å². The molecule has 2 aromatic rings. The Labute approximate surface area is 208 Å². The number of nitrogen functional groups attached to an aromatic ring is 1. The van der Waals surface area contributed by atoms with Crippen LogP contribution in [0, 0.1) is 5.92 Å². The number of phenolic OH excluding ortho intramolecular Hbond substituents is 1. The lowest BCUT2D eigenvalue weighted by Gasteiger charge is -2.36. The molecule has 0 spiro atoms. The monoisotopic (exact) mass is 503 g/mol. The van der Waals surface area contributed by atoms with Gasteiger partial charge in [-0.15, -0.1) is 0 Å². The van der Waals surface area contributed by atoms with Crippen LogP contribution in [0.3, 0.4) is 0 Å². The zero-order valence-electron chi connectivity index (χ0n) is 20.2. The number of carbonyl (C=O) groups is 3. The lowest BCUT2D eigenvalue weighted by Crippen LogP contribution is -2.48. The van der Waals surface area contributed by atoms with Gasteiger partial charge >= 0.3 is 0 Å². The van der Waals surface area contributed by atoms with Crippen LogP contribution in [0.2, 0.25) is 0 Å². The molecule has 1 unspecified atom stereocenters. The minimum absolute atomic E-state index is 0.0661. The number of benzene rings is 1. The highest BCUT2D eigenvalue weighted by Gasteiger charge is 2.40. The Morgan fingerprint density at radius 3 is 2.54 bits per heavy atom. The van der Waals surface area contributed by atoms with E-state index in [-0.39, 0.29) is 39.7 Å². The van der Waals surface area contributed by atoms with Crippen LogP contribution in [-0.2, 0) is 4.79 Å². The third-order valence-corrected chi connectivity index (χ3v) is 7.03. The first-order chi connectivity index (χ1) is 16.6. The number of nitrogens with two attached hydrogens (primary N) is 2. The molecule has 1 aliphatic rings. The Hall–Kier alpha value is -3.34. The first-order valence-corrected chi connectivity index (χ1v) is 12.4. The Bertz CT molecular complexity index is 1080. The van der Waals surface area contributed by atoms with E-state index in [9.17, 15) is 19.5 Å². The van der Waals surface area contributed by atoms with Crippen LogP contribution in [0.5, 0.6) is 11.5 Å².